The van der Waals surface area contributed by atoms with Gasteiger partial charge in [-0.2, -0.15) is 5.10 Å². The van der Waals surface area contributed by atoms with Crippen LogP contribution in [-0.2, 0) is 18.4 Å². The van der Waals surface area contributed by atoms with Crippen LogP contribution in [0.3, 0.4) is 0 Å². The number of nitrogens with zero attached hydrogens (tertiary/aromatic N) is 3. The van der Waals surface area contributed by atoms with Crippen molar-refractivity contribution in [2.75, 3.05) is 0 Å². The monoisotopic (exact) mass is 434 g/mol. The molecule has 0 saturated carbocycles. The zero-order valence-electron chi connectivity index (χ0n) is 17.2. The van der Waals surface area contributed by atoms with E-state index in [0.717, 1.165) is 22.0 Å². The third-order valence-electron chi connectivity index (χ3n) is 5.05. The van der Waals surface area contributed by atoms with E-state index in [9.17, 15) is 9.59 Å². The second-order valence-electron chi connectivity index (χ2n) is 7.30. The number of benzene rings is 2. The van der Waals surface area contributed by atoms with Crippen LogP contribution in [-0.4, -0.2) is 31.1 Å². The van der Waals surface area contributed by atoms with Crippen molar-refractivity contribution in [2.24, 2.45) is 7.05 Å². The number of nitrogens with one attached hydrogen (secondary N) is 3. The molecule has 31 heavy (non-hydrogen) atoms. The van der Waals surface area contributed by atoms with Crippen LogP contribution in [0.1, 0.15) is 22.3 Å². The van der Waals surface area contributed by atoms with E-state index in [1.54, 1.807) is 10.8 Å². The van der Waals surface area contributed by atoms with Crippen LogP contribution in [0, 0.1) is 11.7 Å². The molecule has 0 unspecified atom stereocenters. The molecule has 4 rings (SSSR count). The van der Waals surface area contributed by atoms with Gasteiger partial charge in [0, 0.05) is 42.7 Å². The smallest absolute Gasteiger partial charge is 0.271 e. The lowest BCUT2D eigenvalue weighted by Crippen LogP contribution is -2.41. The lowest BCUT2D eigenvalue weighted by molar-refractivity contribution is -0.122. The molecule has 0 saturated heterocycles. The Bertz CT molecular complexity index is 1330. The number of hydrazine groups is 1. The fraction of sp³-hybridized carbons (Fsp3) is 0.182. The number of rotatable bonds is 5. The third kappa shape index (κ3) is 4.26. The third-order valence-corrected chi connectivity index (χ3v) is 5.37. The molecule has 0 aliphatic carbocycles. The van der Waals surface area contributed by atoms with Crippen molar-refractivity contribution >= 4 is 34.9 Å². The molecule has 2 aromatic carbocycles. The second kappa shape index (κ2) is 8.57. The zero-order chi connectivity index (χ0) is 22.0. The molecule has 0 atom stereocenters. The number of para-hydroxylation sites is 1. The summed E-state index contributed by atoms with van der Waals surface area (Å²) in [5, 5.41) is 7.90. The summed E-state index contributed by atoms with van der Waals surface area (Å²) >= 11 is 5.32. The van der Waals surface area contributed by atoms with Gasteiger partial charge in [-0.05, 0) is 31.3 Å². The normalized spacial score (nSPS) is 10.9. The summed E-state index contributed by atoms with van der Waals surface area (Å²) < 4.78 is 4.08. The Morgan fingerprint density at radius 3 is 2.74 bits per heavy atom. The highest BCUT2D eigenvalue weighted by molar-refractivity contribution is 7.71. The highest BCUT2D eigenvalue weighted by atomic mass is 32.1. The number of carbonyl (C=O) groups excluding carboxylic acids is 2. The molecule has 2 amide bonds. The Morgan fingerprint density at radius 1 is 1.13 bits per heavy atom. The van der Waals surface area contributed by atoms with Gasteiger partial charge in [0.25, 0.3) is 5.91 Å². The van der Waals surface area contributed by atoms with E-state index in [-0.39, 0.29) is 18.2 Å². The molecule has 0 aliphatic rings. The van der Waals surface area contributed by atoms with E-state index >= 15 is 0 Å². The van der Waals surface area contributed by atoms with Gasteiger partial charge >= 0.3 is 0 Å². The number of amides is 2. The number of aryl methyl sites for hydroxylation is 2. The quantitative estimate of drug-likeness (QED) is 0.332. The highest BCUT2D eigenvalue weighted by Gasteiger charge is 2.15. The Labute approximate surface area is 183 Å². The summed E-state index contributed by atoms with van der Waals surface area (Å²) in [7, 11) is 1.87. The van der Waals surface area contributed by atoms with Crippen LogP contribution in [0.25, 0.3) is 22.3 Å². The van der Waals surface area contributed by atoms with Gasteiger partial charge in [0.15, 0.2) is 10.6 Å². The minimum Gasteiger partial charge on any atom is -0.350 e. The lowest BCUT2D eigenvalue weighted by Gasteiger charge is -2.09. The molecular formula is C22H22N6O2S. The average Bonchev–Trinajstić information content (AvgIpc) is 3.30. The summed E-state index contributed by atoms with van der Waals surface area (Å²) in [5.41, 5.74) is 8.43. The molecule has 0 radical (unpaired) electrons. The first-order chi connectivity index (χ1) is 14.9. The predicted octanol–water partition coefficient (Wildman–Crippen LogP) is 3.26. The van der Waals surface area contributed by atoms with Gasteiger partial charge in [-0.3, -0.25) is 30.1 Å². The molecule has 2 heterocycles. The maximum absolute atomic E-state index is 12.6. The van der Waals surface area contributed by atoms with E-state index < -0.39 is 0 Å². The summed E-state index contributed by atoms with van der Waals surface area (Å²) in [6.45, 7) is 2.33. The van der Waals surface area contributed by atoms with Crippen LogP contribution in [0.5, 0.6) is 0 Å². The molecule has 0 fully saturated rings. The van der Waals surface area contributed by atoms with Gasteiger partial charge in [0.05, 0.1) is 5.56 Å². The minimum atomic E-state index is -0.370. The zero-order valence-corrected chi connectivity index (χ0v) is 18.0. The lowest BCUT2D eigenvalue weighted by atomic mass is 10.1. The van der Waals surface area contributed by atoms with Gasteiger partial charge in [0.2, 0.25) is 5.91 Å². The van der Waals surface area contributed by atoms with Crippen LogP contribution < -0.4 is 10.9 Å². The molecule has 9 heteroatoms. The number of carbonyl (C=O) groups is 2. The highest BCUT2D eigenvalue weighted by Crippen LogP contribution is 2.20. The standard InChI is InChI=1S/C22H22N6O2S/c1-14-6-5-7-15(12-14)20-24-26-22(31)28(20)11-10-19(29)23-25-21(30)17-13-27(2)18-9-4-3-8-16(17)18/h3-9,12-13H,10-11H2,1-2H3,(H,23,29)(H,25,30)(H,26,31). The fourth-order valence-corrected chi connectivity index (χ4v) is 3.75. The number of hydrogen-bond acceptors (Lipinski definition) is 4. The number of aromatic amines is 1. The van der Waals surface area contributed by atoms with Crippen molar-refractivity contribution in [3.8, 4) is 11.4 Å². The summed E-state index contributed by atoms with van der Waals surface area (Å²) in [4.78, 5) is 24.9. The van der Waals surface area contributed by atoms with Crippen molar-refractivity contribution in [2.45, 2.75) is 19.9 Å². The average molecular weight is 435 g/mol. The second-order valence-corrected chi connectivity index (χ2v) is 7.68. The molecule has 8 nitrogen and oxygen atoms in total. The molecule has 0 bridgehead atoms. The number of H-pyrrole nitrogens is 1. The van der Waals surface area contributed by atoms with Crippen LogP contribution in [0.4, 0.5) is 0 Å². The topological polar surface area (TPSA) is 96.7 Å². The van der Waals surface area contributed by atoms with Crippen molar-refractivity contribution in [3.05, 3.63) is 70.6 Å². The maximum atomic E-state index is 12.6. The van der Waals surface area contributed by atoms with E-state index in [1.807, 2.05) is 67.1 Å². The van der Waals surface area contributed by atoms with E-state index in [0.29, 0.717) is 22.7 Å². The number of aromatic nitrogens is 4. The molecule has 0 spiro atoms. The summed E-state index contributed by atoms with van der Waals surface area (Å²) in [6, 6.07) is 15.5. The molecular weight excluding hydrogens is 412 g/mol. The van der Waals surface area contributed by atoms with E-state index in [1.165, 1.54) is 0 Å². The Hall–Kier alpha value is -3.72. The van der Waals surface area contributed by atoms with Gasteiger partial charge in [-0.25, -0.2) is 0 Å². The van der Waals surface area contributed by atoms with Crippen LogP contribution >= 0.6 is 12.2 Å². The van der Waals surface area contributed by atoms with Gasteiger partial charge < -0.3 is 4.57 Å². The Kier molecular flexibility index (Phi) is 5.68. The van der Waals surface area contributed by atoms with Crippen molar-refractivity contribution < 1.29 is 9.59 Å². The Balaban J connectivity index is 1.40. The first-order valence-corrected chi connectivity index (χ1v) is 10.2. The van der Waals surface area contributed by atoms with E-state index in [2.05, 4.69) is 21.0 Å². The van der Waals surface area contributed by atoms with Crippen LogP contribution in [0.15, 0.2) is 54.7 Å². The largest absolute Gasteiger partial charge is 0.350 e. The van der Waals surface area contributed by atoms with Crippen LogP contribution in [0.2, 0.25) is 0 Å². The molecule has 2 aromatic heterocycles. The van der Waals surface area contributed by atoms with Crippen molar-refractivity contribution in [3.63, 3.8) is 0 Å². The predicted molar refractivity (Wildman–Crippen MR) is 121 cm³/mol. The van der Waals surface area contributed by atoms with E-state index in [4.69, 9.17) is 12.2 Å². The fourth-order valence-electron chi connectivity index (χ4n) is 3.52. The minimum absolute atomic E-state index is 0.127. The summed E-state index contributed by atoms with van der Waals surface area (Å²) in [5.74, 6) is -0.0290. The number of hydrogen-bond donors (Lipinski definition) is 3. The molecule has 4 aromatic rings. The van der Waals surface area contributed by atoms with Crippen molar-refractivity contribution in [1.82, 2.24) is 30.2 Å². The first-order valence-electron chi connectivity index (χ1n) is 9.79. The SMILES string of the molecule is Cc1cccc(-c2n[nH]c(=S)n2CCC(=O)NNC(=O)c2cn(C)c3ccccc23)c1. The van der Waals surface area contributed by atoms with Crippen molar-refractivity contribution in [1.29, 1.82) is 0 Å². The maximum Gasteiger partial charge on any atom is 0.271 e. The van der Waals surface area contributed by atoms with Gasteiger partial charge in [-0.15, -0.1) is 0 Å². The molecule has 158 valence electrons. The molecule has 0 aliphatic heterocycles. The van der Waals surface area contributed by atoms with Gasteiger partial charge in [0.1, 0.15) is 0 Å². The Morgan fingerprint density at radius 2 is 1.94 bits per heavy atom. The first kappa shape index (κ1) is 20.5. The molecule has 3 N–H and O–H groups in total. The summed E-state index contributed by atoms with van der Waals surface area (Å²) in [6.07, 6.45) is 1.87. The van der Waals surface area contributed by atoms with Gasteiger partial charge in [-0.1, -0.05) is 42.0 Å². The number of fused-ring (bicyclic) bond motifs is 1.